The maximum Gasteiger partial charge on any atom is 0.151 e. The van der Waals surface area contributed by atoms with Crippen LogP contribution in [-0.2, 0) is 9.84 Å². The zero-order chi connectivity index (χ0) is 13.9. The fraction of sp³-hybridized carbons (Fsp3) is 0.571. The second-order valence-electron chi connectivity index (χ2n) is 4.99. The standard InChI is InChI=1S/C14H21NO3S/c1-3-18-14-6-4-12(5-7-14)11(2)15-13-8-9-19(16,17)10-13/h4-7,11,13,15H,3,8-10H2,1-2H3. The van der Waals surface area contributed by atoms with E-state index in [9.17, 15) is 8.42 Å². The van der Waals surface area contributed by atoms with E-state index < -0.39 is 9.84 Å². The Morgan fingerprint density at radius 1 is 1.37 bits per heavy atom. The highest BCUT2D eigenvalue weighted by Gasteiger charge is 2.28. The summed E-state index contributed by atoms with van der Waals surface area (Å²) in [7, 11) is -2.82. The number of sulfone groups is 1. The van der Waals surface area contributed by atoms with Crippen molar-refractivity contribution in [2.75, 3.05) is 18.1 Å². The Bertz CT molecular complexity index is 510. The van der Waals surface area contributed by atoms with E-state index in [1.165, 1.54) is 0 Å². The first kappa shape index (κ1) is 14.3. The van der Waals surface area contributed by atoms with E-state index in [1.807, 2.05) is 31.2 Å². The minimum atomic E-state index is -2.82. The largest absolute Gasteiger partial charge is 0.494 e. The molecule has 19 heavy (non-hydrogen) atoms. The van der Waals surface area contributed by atoms with Crippen LogP contribution in [-0.4, -0.2) is 32.6 Å². The van der Waals surface area contributed by atoms with Gasteiger partial charge in [-0.3, -0.25) is 0 Å². The molecule has 4 nitrogen and oxygen atoms in total. The topological polar surface area (TPSA) is 55.4 Å². The molecule has 5 heteroatoms. The first-order valence-corrected chi connectivity index (χ1v) is 8.51. The van der Waals surface area contributed by atoms with Crippen molar-refractivity contribution in [3.63, 3.8) is 0 Å². The van der Waals surface area contributed by atoms with Crippen LogP contribution in [0.2, 0.25) is 0 Å². The van der Waals surface area contributed by atoms with Gasteiger partial charge in [-0.15, -0.1) is 0 Å². The molecule has 1 aliphatic heterocycles. The molecule has 1 aromatic carbocycles. The molecule has 0 saturated carbocycles. The zero-order valence-corrected chi connectivity index (χ0v) is 12.2. The maximum absolute atomic E-state index is 11.4. The molecule has 0 aliphatic carbocycles. The molecule has 1 heterocycles. The van der Waals surface area contributed by atoms with Gasteiger partial charge in [0.1, 0.15) is 5.75 Å². The fourth-order valence-corrected chi connectivity index (χ4v) is 4.08. The van der Waals surface area contributed by atoms with Crippen molar-refractivity contribution >= 4 is 9.84 Å². The lowest BCUT2D eigenvalue weighted by atomic mass is 10.1. The Balaban J connectivity index is 1.94. The number of rotatable bonds is 5. The Morgan fingerprint density at radius 2 is 2.05 bits per heavy atom. The minimum Gasteiger partial charge on any atom is -0.494 e. The summed E-state index contributed by atoms with van der Waals surface area (Å²) >= 11 is 0. The third kappa shape index (κ3) is 3.94. The maximum atomic E-state index is 11.4. The summed E-state index contributed by atoms with van der Waals surface area (Å²) in [5.41, 5.74) is 1.15. The highest BCUT2D eigenvalue weighted by molar-refractivity contribution is 7.91. The predicted molar refractivity (Wildman–Crippen MR) is 76.2 cm³/mol. The Kier molecular flexibility index (Phi) is 4.47. The lowest BCUT2D eigenvalue weighted by molar-refractivity contribution is 0.340. The molecule has 2 rings (SSSR count). The van der Waals surface area contributed by atoms with Crippen molar-refractivity contribution in [2.45, 2.75) is 32.4 Å². The number of benzene rings is 1. The summed E-state index contributed by atoms with van der Waals surface area (Å²) in [6.07, 6.45) is 0.712. The molecular formula is C14H21NO3S. The van der Waals surface area contributed by atoms with E-state index in [2.05, 4.69) is 12.2 Å². The van der Waals surface area contributed by atoms with Gasteiger partial charge >= 0.3 is 0 Å². The summed E-state index contributed by atoms with van der Waals surface area (Å²) in [6.45, 7) is 4.67. The first-order chi connectivity index (χ1) is 9.00. The number of nitrogens with one attached hydrogen (secondary N) is 1. The van der Waals surface area contributed by atoms with Gasteiger partial charge < -0.3 is 10.1 Å². The molecule has 1 aromatic rings. The van der Waals surface area contributed by atoms with Gasteiger partial charge in [0.2, 0.25) is 0 Å². The van der Waals surface area contributed by atoms with Crippen molar-refractivity contribution in [3.8, 4) is 5.75 Å². The molecule has 1 N–H and O–H groups in total. The summed E-state index contributed by atoms with van der Waals surface area (Å²) in [4.78, 5) is 0. The summed E-state index contributed by atoms with van der Waals surface area (Å²) < 4.78 is 28.2. The number of hydrogen-bond acceptors (Lipinski definition) is 4. The van der Waals surface area contributed by atoms with Gasteiger partial charge in [-0.05, 0) is 38.0 Å². The van der Waals surface area contributed by atoms with Crippen molar-refractivity contribution in [2.24, 2.45) is 0 Å². The lowest BCUT2D eigenvalue weighted by Gasteiger charge is -2.19. The van der Waals surface area contributed by atoms with Crippen LogP contribution < -0.4 is 10.1 Å². The molecule has 2 atom stereocenters. The van der Waals surface area contributed by atoms with Crippen LogP contribution >= 0.6 is 0 Å². The van der Waals surface area contributed by atoms with Gasteiger partial charge in [-0.1, -0.05) is 12.1 Å². The van der Waals surface area contributed by atoms with Gasteiger partial charge in [0.25, 0.3) is 0 Å². The van der Waals surface area contributed by atoms with Crippen LogP contribution in [0.15, 0.2) is 24.3 Å². The van der Waals surface area contributed by atoms with Gasteiger partial charge in [0, 0.05) is 12.1 Å². The summed E-state index contributed by atoms with van der Waals surface area (Å²) in [5, 5.41) is 3.38. The third-order valence-corrected chi connectivity index (χ3v) is 5.18. The molecule has 1 saturated heterocycles. The quantitative estimate of drug-likeness (QED) is 0.897. The van der Waals surface area contributed by atoms with Crippen LogP contribution in [0.4, 0.5) is 0 Å². The van der Waals surface area contributed by atoms with Gasteiger partial charge in [0.05, 0.1) is 18.1 Å². The van der Waals surface area contributed by atoms with Crippen molar-refractivity contribution in [1.29, 1.82) is 0 Å². The van der Waals surface area contributed by atoms with E-state index in [0.717, 1.165) is 11.3 Å². The monoisotopic (exact) mass is 283 g/mol. The second kappa shape index (κ2) is 5.92. The van der Waals surface area contributed by atoms with Gasteiger partial charge in [-0.25, -0.2) is 8.42 Å². The van der Waals surface area contributed by atoms with Gasteiger partial charge in [0.15, 0.2) is 9.84 Å². The molecule has 106 valence electrons. The average Bonchev–Trinajstić information content (AvgIpc) is 2.70. The highest BCUT2D eigenvalue weighted by Crippen LogP contribution is 2.20. The van der Waals surface area contributed by atoms with Crippen LogP contribution in [0.25, 0.3) is 0 Å². The Morgan fingerprint density at radius 3 is 2.58 bits per heavy atom. The van der Waals surface area contributed by atoms with E-state index >= 15 is 0 Å². The van der Waals surface area contributed by atoms with E-state index in [-0.39, 0.29) is 17.8 Å². The molecule has 1 aliphatic rings. The molecule has 1 fully saturated rings. The van der Waals surface area contributed by atoms with Crippen molar-refractivity contribution < 1.29 is 13.2 Å². The third-order valence-electron chi connectivity index (χ3n) is 3.41. The first-order valence-electron chi connectivity index (χ1n) is 6.69. The van der Waals surface area contributed by atoms with Crippen LogP contribution in [0, 0.1) is 0 Å². The normalized spacial score (nSPS) is 23.2. The molecule has 2 unspecified atom stereocenters. The molecular weight excluding hydrogens is 262 g/mol. The fourth-order valence-electron chi connectivity index (χ4n) is 2.40. The second-order valence-corrected chi connectivity index (χ2v) is 7.22. The average molecular weight is 283 g/mol. The SMILES string of the molecule is CCOc1ccc(C(C)NC2CCS(=O)(=O)C2)cc1. The van der Waals surface area contributed by atoms with Crippen LogP contribution in [0.1, 0.15) is 31.9 Å². The zero-order valence-electron chi connectivity index (χ0n) is 11.4. The molecule has 0 radical (unpaired) electrons. The van der Waals surface area contributed by atoms with Gasteiger partial charge in [-0.2, -0.15) is 0 Å². The number of ether oxygens (including phenoxy) is 1. The van der Waals surface area contributed by atoms with Crippen molar-refractivity contribution in [1.82, 2.24) is 5.32 Å². The summed E-state index contributed by atoms with van der Waals surface area (Å²) in [5.74, 6) is 1.43. The Labute approximate surface area is 115 Å². The Hall–Kier alpha value is -1.07. The molecule has 0 aromatic heterocycles. The lowest BCUT2D eigenvalue weighted by Crippen LogP contribution is -2.32. The van der Waals surface area contributed by atoms with Crippen LogP contribution in [0.5, 0.6) is 5.75 Å². The molecule has 0 spiro atoms. The molecule has 0 amide bonds. The smallest absolute Gasteiger partial charge is 0.151 e. The van der Waals surface area contributed by atoms with E-state index in [1.54, 1.807) is 0 Å². The van der Waals surface area contributed by atoms with E-state index in [0.29, 0.717) is 18.8 Å². The molecule has 0 bridgehead atoms. The number of hydrogen-bond donors (Lipinski definition) is 1. The van der Waals surface area contributed by atoms with E-state index in [4.69, 9.17) is 4.74 Å². The van der Waals surface area contributed by atoms with Crippen LogP contribution in [0.3, 0.4) is 0 Å². The highest BCUT2D eigenvalue weighted by atomic mass is 32.2. The predicted octanol–water partition coefficient (Wildman–Crippen LogP) is 1.92. The minimum absolute atomic E-state index is 0.0755. The summed E-state index contributed by atoms with van der Waals surface area (Å²) in [6, 6.07) is 8.16. The van der Waals surface area contributed by atoms with Crippen molar-refractivity contribution in [3.05, 3.63) is 29.8 Å².